The summed E-state index contributed by atoms with van der Waals surface area (Å²) >= 11 is 0. The van der Waals surface area contributed by atoms with Crippen molar-refractivity contribution in [1.29, 1.82) is 0 Å². The highest BCUT2D eigenvalue weighted by Crippen LogP contribution is 2.46. The van der Waals surface area contributed by atoms with Crippen LogP contribution in [0.4, 0.5) is 0 Å². The SMILES string of the molecule is COc1cc2c3c(c4ccc(O)cc4c2cc1OC)CN1CCC[C@@]1(C)C3. The monoisotopic (exact) mass is 363 g/mol. The summed E-state index contributed by atoms with van der Waals surface area (Å²) in [5.41, 5.74) is 3.05. The number of phenolic OH excluding ortho intramolecular Hbond substituents is 1. The van der Waals surface area contributed by atoms with Crippen LogP contribution in [0.1, 0.15) is 30.9 Å². The molecule has 2 heterocycles. The van der Waals surface area contributed by atoms with Gasteiger partial charge in [0.2, 0.25) is 0 Å². The first-order chi connectivity index (χ1) is 13.0. The number of benzene rings is 3. The third kappa shape index (κ3) is 2.32. The van der Waals surface area contributed by atoms with Crippen molar-refractivity contribution < 1.29 is 14.6 Å². The van der Waals surface area contributed by atoms with Crippen molar-refractivity contribution in [3.63, 3.8) is 0 Å². The van der Waals surface area contributed by atoms with Gasteiger partial charge in [0.25, 0.3) is 0 Å². The van der Waals surface area contributed by atoms with Crippen molar-refractivity contribution in [3.05, 3.63) is 41.5 Å². The lowest BCUT2D eigenvalue weighted by molar-refractivity contribution is 0.134. The van der Waals surface area contributed by atoms with Crippen molar-refractivity contribution in [2.45, 2.75) is 38.3 Å². The van der Waals surface area contributed by atoms with Crippen molar-refractivity contribution >= 4 is 21.5 Å². The minimum atomic E-state index is 0.234. The maximum absolute atomic E-state index is 10.1. The van der Waals surface area contributed by atoms with E-state index >= 15 is 0 Å². The van der Waals surface area contributed by atoms with E-state index in [9.17, 15) is 5.11 Å². The zero-order valence-electron chi connectivity index (χ0n) is 16.1. The minimum Gasteiger partial charge on any atom is -0.508 e. The second-order valence-electron chi connectivity index (χ2n) is 8.14. The molecule has 0 aromatic heterocycles. The molecule has 1 saturated heterocycles. The van der Waals surface area contributed by atoms with Gasteiger partial charge in [0.05, 0.1) is 14.2 Å². The summed E-state index contributed by atoms with van der Waals surface area (Å²) in [6.07, 6.45) is 3.55. The van der Waals surface area contributed by atoms with Crippen molar-refractivity contribution in [2.24, 2.45) is 0 Å². The lowest BCUT2D eigenvalue weighted by Crippen LogP contribution is -2.46. The number of hydrogen-bond donors (Lipinski definition) is 1. The van der Waals surface area contributed by atoms with E-state index in [1.807, 2.05) is 6.07 Å². The Morgan fingerprint density at radius 2 is 1.63 bits per heavy atom. The fraction of sp³-hybridized carbons (Fsp3) is 0.391. The molecular formula is C23H25NO3. The molecule has 2 aliphatic heterocycles. The largest absolute Gasteiger partial charge is 0.508 e. The number of methoxy groups -OCH3 is 2. The molecular weight excluding hydrogens is 338 g/mol. The second kappa shape index (κ2) is 5.77. The normalized spacial score (nSPS) is 22.0. The average molecular weight is 363 g/mol. The molecule has 4 nitrogen and oxygen atoms in total. The highest BCUT2D eigenvalue weighted by Gasteiger charge is 2.41. The molecule has 0 unspecified atom stereocenters. The van der Waals surface area contributed by atoms with E-state index < -0.39 is 0 Å². The Balaban J connectivity index is 1.90. The Kier molecular flexibility index (Phi) is 3.57. The van der Waals surface area contributed by atoms with Gasteiger partial charge in [-0.25, -0.2) is 0 Å². The third-order valence-corrected chi connectivity index (χ3v) is 6.64. The average Bonchev–Trinajstić information content (AvgIpc) is 3.06. The molecule has 3 aromatic rings. The summed E-state index contributed by atoms with van der Waals surface area (Å²) < 4.78 is 11.2. The van der Waals surface area contributed by atoms with E-state index in [1.165, 1.54) is 41.3 Å². The van der Waals surface area contributed by atoms with Gasteiger partial charge in [-0.05, 0) is 89.7 Å². The van der Waals surface area contributed by atoms with Crippen LogP contribution in [0.5, 0.6) is 17.2 Å². The van der Waals surface area contributed by atoms with E-state index in [4.69, 9.17) is 9.47 Å². The standard InChI is InChI=1S/C23H25NO3/c1-23-7-4-8-24(23)13-20-15-6-5-14(25)9-16(15)17-10-21(26-2)22(27-3)11-18(17)19(20)12-23/h5-6,9-11,25H,4,7-8,12-13H2,1-3H3/t23-/m0/s1. The quantitative estimate of drug-likeness (QED) is 0.674. The molecule has 5 rings (SSSR count). The van der Waals surface area contributed by atoms with Crippen LogP contribution < -0.4 is 9.47 Å². The maximum Gasteiger partial charge on any atom is 0.161 e. The first-order valence-corrected chi connectivity index (χ1v) is 9.61. The topological polar surface area (TPSA) is 41.9 Å². The number of fused-ring (bicyclic) bond motifs is 7. The first-order valence-electron chi connectivity index (χ1n) is 9.61. The van der Waals surface area contributed by atoms with Crippen LogP contribution >= 0.6 is 0 Å². The highest BCUT2D eigenvalue weighted by molar-refractivity contribution is 6.12. The maximum atomic E-state index is 10.1. The van der Waals surface area contributed by atoms with Gasteiger partial charge >= 0.3 is 0 Å². The number of rotatable bonds is 2. The Hall–Kier alpha value is -2.46. The van der Waals surface area contributed by atoms with Crippen LogP contribution in [0.15, 0.2) is 30.3 Å². The molecule has 140 valence electrons. The number of aromatic hydroxyl groups is 1. The van der Waals surface area contributed by atoms with Crippen molar-refractivity contribution in [1.82, 2.24) is 4.90 Å². The summed E-state index contributed by atoms with van der Waals surface area (Å²) in [5.74, 6) is 1.77. The van der Waals surface area contributed by atoms with Crippen LogP contribution in [0, 0.1) is 0 Å². The molecule has 3 aromatic carbocycles. The zero-order valence-corrected chi connectivity index (χ0v) is 16.1. The van der Waals surface area contributed by atoms with Crippen LogP contribution in [0.3, 0.4) is 0 Å². The van der Waals surface area contributed by atoms with Crippen LogP contribution in [-0.4, -0.2) is 36.3 Å². The Morgan fingerprint density at radius 1 is 0.926 bits per heavy atom. The Labute approximate surface area is 159 Å². The molecule has 0 bridgehead atoms. The summed E-state index contributed by atoms with van der Waals surface area (Å²) in [4.78, 5) is 2.63. The molecule has 1 fully saturated rings. The van der Waals surface area contributed by atoms with Gasteiger partial charge in [-0.1, -0.05) is 6.07 Å². The lowest BCUT2D eigenvalue weighted by Gasteiger charge is -2.41. The molecule has 1 atom stereocenters. The van der Waals surface area contributed by atoms with Crippen LogP contribution in [0.2, 0.25) is 0 Å². The molecule has 0 aliphatic carbocycles. The first kappa shape index (κ1) is 16.7. The van der Waals surface area contributed by atoms with Crippen LogP contribution in [0.25, 0.3) is 21.5 Å². The molecule has 2 aliphatic rings. The highest BCUT2D eigenvalue weighted by atomic mass is 16.5. The van der Waals surface area contributed by atoms with Gasteiger partial charge in [0.1, 0.15) is 5.75 Å². The van der Waals surface area contributed by atoms with Gasteiger partial charge in [-0.2, -0.15) is 0 Å². The predicted molar refractivity (Wildman–Crippen MR) is 108 cm³/mol. The van der Waals surface area contributed by atoms with Gasteiger partial charge < -0.3 is 14.6 Å². The molecule has 0 radical (unpaired) electrons. The molecule has 0 saturated carbocycles. The third-order valence-electron chi connectivity index (χ3n) is 6.64. The number of nitrogens with zero attached hydrogens (tertiary/aromatic N) is 1. The van der Waals surface area contributed by atoms with E-state index in [2.05, 4.69) is 30.0 Å². The minimum absolute atomic E-state index is 0.234. The molecule has 4 heteroatoms. The van der Waals surface area contributed by atoms with Crippen LogP contribution in [-0.2, 0) is 13.0 Å². The van der Waals surface area contributed by atoms with E-state index in [-0.39, 0.29) is 5.54 Å². The fourth-order valence-electron chi connectivity index (χ4n) is 5.20. The molecule has 27 heavy (non-hydrogen) atoms. The lowest BCUT2D eigenvalue weighted by atomic mass is 9.79. The number of ether oxygens (including phenoxy) is 2. The Bertz CT molecular complexity index is 1070. The smallest absolute Gasteiger partial charge is 0.161 e. The molecule has 0 spiro atoms. The van der Waals surface area contributed by atoms with E-state index in [0.29, 0.717) is 5.75 Å². The van der Waals surface area contributed by atoms with Gasteiger partial charge in [0, 0.05) is 12.1 Å². The Morgan fingerprint density at radius 3 is 2.37 bits per heavy atom. The van der Waals surface area contributed by atoms with E-state index in [1.54, 1.807) is 20.3 Å². The number of hydrogen-bond acceptors (Lipinski definition) is 4. The van der Waals surface area contributed by atoms with Crippen molar-refractivity contribution in [2.75, 3.05) is 20.8 Å². The van der Waals surface area contributed by atoms with Gasteiger partial charge in [0.15, 0.2) is 11.5 Å². The summed E-state index contributed by atoms with van der Waals surface area (Å²) in [6.45, 7) is 4.54. The second-order valence-corrected chi connectivity index (χ2v) is 8.14. The predicted octanol–water partition coefficient (Wildman–Crippen LogP) is 4.63. The molecule has 0 amide bonds. The fourth-order valence-corrected chi connectivity index (χ4v) is 5.20. The van der Waals surface area contributed by atoms with Gasteiger partial charge in [-0.3, -0.25) is 4.90 Å². The zero-order chi connectivity index (χ0) is 18.8. The molecule has 1 N–H and O–H groups in total. The summed E-state index contributed by atoms with van der Waals surface area (Å²) in [7, 11) is 3.35. The van der Waals surface area contributed by atoms with E-state index in [0.717, 1.165) is 35.2 Å². The summed E-state index contributed by atoms with van der Waals surface area (Å²) in [6, 6.07) is 9.91. The van der Waals surface area contributed by atoms with Gasteiger partial charge in [-0.15, -0.1) is 0 Å². The number of phenols is 1. The van der Waals surface area contributed by atoms with Crippen molar-refractivity contribution in [3.8, 4) is 17.2 Å². The summed E-state index contributed by atoms with van der Waals surface area (Å²) in [5, 5.41) is 14.8.